The number of hydrogen-bond donors (Lipinski definition) is 2. The van der Waals surface area contributed by atoms with E-state index in [2.05, 4.69) is 5.32 Å². The van der Waals surface area contributed by atoms with E-state index in [1.807, 2.05) is 6.92 Å². The van der Waals surface area contributed by atoms with Crippen LogP contribution in [-0.2, 0) is 0 Å². The molecule has 0 aromatic carbocycles. The highest BCUT2D eigenvalue weighted by molar-refractivity contribution is 5.45. The maximum atomic E-state index is 11.5. The summed E-state index contributed by atoms with van der Waals surface area (Å²) in [5.74, 6) is 0.0724. The molecule has 0 spiro atoms. The van der Waals surface area contributed by atoms with Crippen molar-refractivity contribution in [3.8, 4) is 0 Å². The minimum Gasteiger partial charge on any atom is -0.711 e. The van der Waals surface area contributed by atoms with Crippen LogP contribution in [0.15, 0.2) is 12.3 Å². The van der Waals surface area contributed by atoms with Gasteiger partial charge in [-0.2, -0.15) is 0 Å². The smallest absolute Gasteiger partial charge is 0.284 e. The Labute approximate surface area is 98.4 Å². The Kier molecular flexibility index (Phi) is 4.22. The van der Waals surface area contributed by atoms with Crippen LogP contribution in [-0.4, -0.2) is 22.7 Å². The maximum Gasteiger partial charge on any atom is 0.284 e. The average Bonchev–Trinajstić information content (AvgIpc) is 2.27. The maximum absolute atomic E-state index is 11.5. The van der Waals surface area contributed by atoms with E-state index >= 15 is 0 Å². The van der Waals surface area contributed by atoms with E-state index in [9.17, 15) is 15.3 Å². The number of pyridine rings is 1. The lowest BCUT2D eigenvalue weighted by Gasteiger charge is -2.14. The Morgan fingerprint density at radius 2 is 2.29 bits per heavy atom. The van der Waals surface area contributed by atoms with Gasteiger partial charge in [-0.15, -0.1) is 0 Å². The van der Waals surface area contributed by atoms with Crippen molar-refractivity contribution in [1.82, 2.24) is 0 Å². The summed E-state index contributed by atoms with van der Waals surface area (Å²) in [5.41, 5.74) is 0.181. The highest BCUT2D eigenvalue weighted by Crippen LogP contribution is 2.19. The first-order valence-electron chi connectivity index (χ1n) is 5.25. The molecule has 0 saturated carbocycles. The molecule has 2 N–H and O–H groups in total. The number of hydrogen-bond acceptors (Lipinski definition) is 5. The fourth-order valence-electron chi connectivity index (χ4n) is 1.41. The number of rotatable bonds is 5. The largest absolute Gasteiger partial charge is 0.711 e. The van der Waals surface area contributed by atoms with E-state index in [0.29, 0.717) is 16.7 Å². The van der Waals surface area contributed by atoms with Crippen LogP contribution in [0.5, 0.6) is 0 Å². The van der Waals surface area contributed by atoms with Crippen molar-refractivity contribution < 1.29 is 14.8 Å². The van der Waals surface area contributed by atoms with Gasteiger partial charge in [0.05, 0.1) is 17.1 Å². The van der Waals surface area contributed by atoms with Crippen molar-refractivity contribution in [2.45, 2.75) is 26.3 Å². The van der Waals surface area contributed by atoms with E-state index in [1.54, 1.807) is 0 Å². The molecule has 1 heterocycles. The Balaban J connectivity index is 3.07. The van der Waals surface area contributed by atoms with Gasteiger partial charge < -0.3 is 10.3 Å². The summed E-state index contributed by atoms with van der Waals surface area (Å²) in [6, 6.07) is 0.887. The molecule has 17 heavy (non-hydrogen) atoms. The predicted octanol–water partition coefficient (Wildman–Crippen LogP) is 0.719. The molecule has 0 saturated heterocycles. The number of nitrogens with zero attached hydrogens (tertiary/aromatic N) is 2. The van der Waals surface area contributed by atoms with Gasteiger partial charge in [0, 0.05) is 0 Å². The molecule has 1 atom stereocenters. The van der Waals surface area contributed by atoms with Crippen LogP contribution in [0.4, 0.5) is 11.5 Å². The predicted molar refractivity (Wildman–Crippen MR) is 61.6 cm³/mol. The summed E-state index contributed by atoms with van der Waals surface area (Å²) in [4.78, 5) is 10.2. The topological polar surface area (TPSA) is 102 Å². The van der Waals surface area contributed by atoms with Crippen molar-refractivity contribution in [3.63, 3.8) is 0 Å². The normalized spacial score (nSPS) is 12.2. The molecular weight excluding hydrogens is 226 g/mol. The molecule has 1 rings (SSSR count). The second kappa shape index (κ2) is 5.44. The zero-order valence-corrected chi connectivity index (χ0v) is 9.71. The van der Waals surface area contributed by atoms with E-state index in [0.717, 1.165) is 6.20 Å². The monoisotopic (exact) mass is 241 g/mol. The molecule has 1 aromatic heterocycles. The lowest BCUT2D eigenvalue weighted by atomic mass is 10.2. The van der Waals surface area contributed by atoms with Crippen LogP contribution in [0, 0.1) is 22.2 Å². The molecule has 0 amide bonds. The molecule has 0 aliphatic carbocycles. The van der Waals surface area contributed by atoms with Gasteiger partial charge in [-0.05, 0) is 13.3 Å². The molecule has 94 valence electrons. The number of aliphatic hydroxyl groups is 1. The van der Waals surface area contributed by atoms with Gasteiger partial charge in [0.15, 0.2) is 0 Å². The first kappa shape index (κ1) is 13.2. The average molecular weight is 241 g/mol. The zero-order chi connectivity index (χ0) is 13.0. The molecule has 0 bridgehead atoms. The number of aryl methyl sites for hydroxylation is 1. The number of nitro groups is 1. The minimum atomic E-state index is -0.541. The third kappa shape index (κ3) is 3.04. The SMILES string of the molecule is CC[C@@H](CO)Nc1cc([N+](=O)[O-])c(C)c[n+]1[O-]. The van der Waals surface area contributed by atoms with Gasteiger partial charge >= 0.3 is 0 Å². The van der Waals surface area contributed by atoms with Crippen LogP contribution in [0.25, 0.3) is 0 Å². The molecular formula is C10H15N3O4. The third-order valence-corrected chi connectivity index (χ3v) is 2.49. The molecule has 7 heteroatoms. The highest BCUT2D eigenvalue weighted by Gasteiger charge is 2.19. The molecule has 0 unspecified atom stereocenters. The Morgan fingerprint density at radius 1 is 1.65 bits per heavy atom. The lowest BCUT2D eigenvalue weighted by molar-refractivity contribution is -0.591. The van der Waals surface area contributed by atoms with Crippen molar-refractivity contribution in [1.29, 1.82) is 0 Å². The molecule has 1 aromatic rings. The van der Waals surface area contributed by atoms with Gasteiger partial charge in [0.2, 0.25) is 0 Å². The first-order valence-corrected chi connectivity index (χ1v) is 5.25. The third-order valence-electron chi connectivity index (χ3n) is 2.49. The number of aliphatic hydroxyl groups excluding tert-OH is 1. The van der Waals surface area contributed by atoms with Crippen LogP contribution in [0.2, 0.25) is 0 Å². The summed E-state index contributed by atoms with van der Waals surface area (Å²) in [7, 11) is 0. The van der Waals surface area contributed by atoms with E-state index in [4.69, 9.17) is 5.11 Å². The van der Waals surface area contributed by atoms with E-state index in [-0.39, 0.29) is 24.2 Å². The van der Waals surface area contributed by atoms with Crippen LogP contribution in [0.1, 0.15) is 18.9 Å². The number of anilines is 1. The molecule has 0 radical (unpaired) electrons. The highest BCUT2D eigenvalue weighted by atomic mass is 16.6. The van der Waals surface area contributed by atoms with Crippen molar-refractivity contribution in [3.05, 3.63) is 33.1 Å². The Morgan fingerprint density at radius 3 is 2.76 bits per heavy atom. The van der Waals surface area contributed by atoms with Gasteiger partial charge in [-0.25, -0.2) is 4.73 Å². The molecule has 0 aliphatic heterocycles. The fourth-order valence-corrected chi connectivity index (χ4v) is 1.41. The van der Waals surface area contributed by atoms with Crippen molar-refractivity contribution in [2.24, 2.45) is 0 Å². The summed E-state index contributed by atoms with van der Waals surface area (Å²) in [6.07, 6.45) is 1.75. The Hall–Kier alpha value is -1.89. The van der Waals surface area contributed by atoms with Crippen molar-refractivity contribution in [2.75, 3.05) is 11.9 Å². The van der Waals surface area contributed by atoms with Gasteiger partial charge in [-0.3, -0.25) is 15.4 Å². The lowest BCUT2D eigenvalue weighted by Crippen LogP contribution is -2.35. The van der Waals surface area contributed by atoms with Gasteiger partial charge in [-0.1, -0.05) is 6.92 Å². The summed E-state index contributed by atoms with van der Waals surface area (Å²) in [6.45, 7) is 3.20. The molecule has 0 aliphatic rings. The van der Waals surface area contributed by atoms with Crippen LogP contribution < -0.4 is 10.0 Å². The summed E-state index contributed by atoms with van der Waals surface area (Å²) >= 11 is 0. The van der Waals surface area contributed by atoms with Crippen molar-refractivity contribution >= 4 is 11.5 Å². The minimum absolute atomic E-state index is 0.0724. The zero-order valence-electron chi connectivity index (χ0n) is 9.71. The number of aromatic nitrogens is 1. The van der Waals surface area contributed by atoms with Crippen LogP contribution in [0.3, 0.4) is 0 Å². The van der Waals surface area contributed by atoms with Gasteiger partial charge in [0.1, 0.15) is 18.3 Å². The second-order valence-corrected chi connectivity index (χ2v) is 3.74. The summed E-state index contributed by atoms with van der Waals surface area (Å²) < 4.78 is 0.528. The standard InChI is InChI=1S/C10H15N3O4/c1-3-8(6-14)11-10-4-9(13(16)17)7(2)5-12(10)15/h4-5,8,11,14H,3,6H2,1-2H3/t8-/m0/s1. The second-order valence-electron chi connectivity index (χ2n) is 3.74. The van der Waals surface area contributed by atoms with Gasteiger partial charge in [0.25, 0.3) is 11.5 Å². The van der Waals surface area contributed by atoms with Crippen LogP contribution >= 0.6 is 0 Å². The number of nitrogens with one attached hydrogen (secondary N) is 1. The van der Waals surface area contributed by atoms with E-state index in [1.165, 1.54) is 13.0 Å². The van der Waals surface area contributed by atoms with E-state index < -0.39 is 4.92 Å². The first-order chi connectivity index (χ1) is 7.99. The summed E-state index contributed by atoms with van der Waals surface area (Å²) in [5, 5.41) is 34.0. The molecule has 0 fully saturated rings. The quantitative estimate of drug-likeness (QED) is 0.342. The Bertz CT molecular complexity index is 418. The fraction of sp³-hybridized carbons (Fsp3) is 0.500. The molecule has 7 nitrogen and oxygen atoms in total.